The fraction of sp³-hybridized carbons (Fsp3) is 1.00. The van der Waals surface area contributed by atoms with Crippen molar-refractivity contribution in [1.82, 2.24) is 0 Å². The quantitative estimate of drug-likeness (QED) is 0.563. The van der Waals surface area contributed by atoms with Crippen LogP contribution in [0.4, 0.5) is 0 Å². The Labute approximate surface area is 59.2 Å². The molecule has 0 aromatic rings. The van der Waals surface area contributed by atoms with Gasteiger partial charge in [-0.2, -0.15) is 0 Å². The molecule has 0 bridgehead atoms. The first-order chi connectivity index (χ1) is 3.81. The van der Waals surface area contributed by atoms with Crippen LogP contribution in [0.1, 0.15) is 27.7 Å². The van der Waals surface area contributed by atoms with Crippen LogP contribution < -0.4 is 0 Å². The van der Waals surface area contributed by atoms with Crippen molar-refractivity contribution in [2.24, 2.45) is 0 Å². The summed E-state index contributed by atoms with van der Waals surface area (Å²) in [7, 11) is -1.88. The molecular formula is C7H18OSi. The zero-order chi connectivity index (χ0) is 7.71. The van der Waals surface area contributed by atoms with Gasteiger partial charge in [0.2, 0.25) is 0 Å². The molecule has 0 spiro atoms. The lowest BCUT2D eigenvalue weighted by Crippen LogP contribution is -2.39. The van der Waals surface area contributed by atoms with E-state index < -0.39 is 8.32 Å². The Bertz CT molecular complexity index is 91.6. The third kappa shape index (κ3) is 2.10. The molecule has 0 aliphatic heterocycles. The second-order valence-electron chi connectivity index (χ2n) is 3.88. The number of rotatable bonds is 1. The Morgan fingerprint density at radius 2 is 1.67 bits per heavy atom. The first-order valence-corrected chi connectivity index (χ1v) is 6.19. The van der Waals surface area contributed by atoms with Gasteiger partial charge in [0.15, 0.2) is 8.32 Å². The Morgan fingerprint density at radius 1 is 1.33 bits per heavy atom. The highest BCUT2D eigenvalue weighted by atomic mass is 28.4. The highest BCUT2D eigenvalue weighted by molar-refractivity contribution is 6.74. The minimum absolute atomic E-state index is 0.141. The summed E-state index contributed by atoms with van der Waals surface area (Å²) in [5.74, 6) is 0. The standard InChI is InChI=1S/C7H18OSi/c1-6-9(5,8)7(2,3)4/h8H,6H2,1-5H3. The first kappa shape index (κ1) is 9.18. The first-order valence-electron chi connectivity index (χ1n) is 3.53. The average Bonchev–Trinajstić information content (AvgIpc) is 1.64. The van der Waals surface area contributed by atoms with Crippen molar-refractivity contribution in [3.63, 3.8) is 0 Å². The summed E-state index contributed by atoms with van der Waals surface area (Å²) in [5.41, 5.74) is 0. The molecule has 0 rings (SSSR count). The maximum absolute atomic E-state index is 9.80. The van der Waals surface area contributed by atoms with Gasteiger partial charge in [-0.15, -0.1) is 0 Å². The largest absolute Gasteiger partial charge is 0.431 e. The lowest BCUT2D eigenvalue weighted by molar-refractivity contribution is 0.478. The molecule has 1 atom stereocenters. The van der Waals surface area contributed by atoms with Crippen LogP contribution in [-0.4, -0.2) is 13.1 Å². The van der Waals surface area contributed by atoms with Gasteiger partial charge in [0.25, 0.3) is 0 Å². The van der Waals surface area contributed by atoms with Crippen LogP contribution in [0.3, 0.4) is 0 Å². The Hall–Kier alpha value is 0.177. The molecule has 1 nitrogen and oxygen atoms in total. The molecule has 0 aliphatic rings. The number of hydrogen-bond acceptors (Lipinski definition) is 1. The van der Waals surface area contributed by atoms with Crippen molar-refractivity contribution >= 4 is 8.32 Å². The van der Waals surface area contributed by atoms with E-state index in [1.54, 1.807) is 0 Å². The van der Waals surface area contributed by atoms with E-state index in [1.165, 1.54) is 0 Å². The minimum Gasteiger partial charge on any atom is -0.431 e. The Balaban J connectivity index is 4.14. The van der Waals surface area contributed by atoms with Gasteiger partial charge in [-0.25, -0.2) is 0 Å². The van der Waals surface area contributed by atoms with Gasteiger partial charge >= 0.3 is 0 Å². The molecule has 0 saturated heterocycles. The molecule has 56 valence electrons. The molecule has 0 radical (unpaired) electrons. The average molecular weight is 146 g/mol. The van der Waals surface area contributed by atoms with Crippen molar-refractivity contribution < 1.29 is 4.80 Å². The van der Waals surface area contributed by atoms with E-state index in [-0.39, 0.29) is 5.04 Å². The van der Waals surface area contributed by atoms with E-state index in [9.17, 15) is 4.80 Å². The Morgan fingerprint density at radius 3 is 1.67 bits per heavy atom. The SMILES string of the molecule is CC[Si](C)(O)C(C)(C)C. The van der Waals surface area contributed by atoms with Gasteiger partial charge < -0.3 is 4.80 Å². The maximum atomic E-state index is 9.80. The third-order valence-electron chi connectivity index (χ3n) is 2.30. The second-order valence-corrected chi connectivity index (χ2v) is 8.63. The van der Waals surface area contributed by atoms with Crippen LogP contribution in [0.25, 0.3) is 0 Å². The minimum atomic E-state index is -1.88. The molecule has 9 heavy (non-hydrogen) atoms. The highest BCUT2D eigenvalue weighted by Gasteiger charge is 2.36. The van der Waals surface area contributed by atoms with Crippen LogP contribution in [0.15, 0.2) is 0 Å². The monoisotopic (exact) mass is 146 g/mol. The summed E-state index contributed by atoms with van der Waals surface area (Å²) in [6.45, 7) is 10.4. The lowest BCUT2D eigenvalue weighted by atomic mass is 10.2. The molecule has 1 unspecified atom stereocenters. The normalized spacial score (nSPS) is 19.3. The Kier molecular flexibility index (Phi) is 2.47. The van der Waals surface area contributed by atoms with E-state index in [1.807, 2.05) is 6.55 Å². The molecule has 0 saturated carbocycles. The third-order valence-corrected chi connectivity index (χ3v) is 6.91. The van der Waals surface area contributed by atoms with Gasteiger partial charge in [-0.3, -0.25) is 0 Å². The van der Waals surface area contributed by atoms with Gasteiger partial charge in [0.1, 0.15) is 0 Å². The van der Waals surface area contributed by atoms with Crippen LogP contribution in [0.2, 0.25) is 17.6 Å². The van der Waals surface area contributed by atoms with Crippen LogP contribution in [0.5, 0.6) is 0 Å². The fourth-order valence-electron chi connectivity index (χ4n) is 0.530. The molecule has 0 fully saturated rings. The van der Waals surface area contributed by atoms with Crippen molar-refractivity contribution in [1.29, 1.82) is 0 Å². The predicted octanol–water partition coefficient (Wildman–Crippen LogP) is 2.37. The van der Waals surface area contributed by atoms with Crippen molar-refractivity contribution in [3.05, 3.63) is 0 Å². The smallest absolute Gasteiger partial charge is 0.190 e. The molecule has 2 heteroatoms. The molecule has 0 aromatic heterocycles. The van der Waals surface area contributed by atoms with Gasteiger partial charge in [-0.1, -0.05) is 27.7 Å². The van der Waals surface area contributed by atoms with Gasteiger partial charge in [-0.05, 0) is 17.6 Å². The molecule has 0 aromatic carbocycles. The summed E-state index contributed by atoms with van der Waals surface area (Å²) in [6.07, 6.45) is 0. The summed E-state index contributed by atoms with van der Waals surface area (Å²) < 4.78 is 0. The van der Waals surface area contributed by atoms with Crippen molar-refractivity contribution in [2.75, 3.05) is 0 Å². The van der Waals surface area contributed by atoms with Crippen LogP contribution in [-0.2, 0) is 0 Å². The summed E-state index contributed by atoms with van der Waals surface area (Å²) in [4.78, 5) is 9.80. The topological polar surface area (TPSA) is 20.2 Å². The highest BCUT2D eigenvalue weighted by Crippen LogP contribution is 2.35. The summed E-state index contributed by atoms with van der Waals surface area (Å²) in [6, 6.07) is 0.955. The molecule has 0 amide bonds. The van der Waals surface area contributed by atoms with Crippen molar-refractivity contribution in [3.8, 4) is 0 Å². The maximum Gasteiger partial charge on any atom is 0.190 e. The fourth-order valence-corrected chi connectivity index (χ4v) is 1.59. The van der Waals surface area contributed by atoms with Gasteiger partial charge in [0.05, 0.1) is 0 Å². The second kappa shape index (κ2) is 2.43. The zero-order valence-corrected chi connectivity index (χ0v) is 8.15. The van der Waals surface area contributed by atoms with E-state index in [2.05, 4.69) is 27.7 Å². The van der Waals surface area contributed by atoms with E-state index in [0.29, 0.717) is 0 Å². The van der Waals surface area contributed by atoms with E-state index >= 15 is 0 Å². The summed E-state index contributed by atoms with van der Waals surface area (Å²) in [5, 5.41) is 0.141. The van der Waals surface area contributed by atoms with Crippen molar-refractivity contribution in [2.45, 2.75) is 45.3 Å². The molecule has 0 aliphatic carbocycles. The number of hydrogen-bond donors (Lipinski definition) is 1. The molecule has 0 heterocycles. The van der Waals surface area contributed by atoms with Crippen LogP contribution in [0, 0.1) is 0 Å². The predicted molar refractivity (Wildman–Crippen MR) is 44.0 cm³/mol. The van der Waals surface area contributed by atoms with E-state index in [4.69, 9.17) is 0 Å². The summed E-state index contributed by atoms with van der Waals surface area (Å²) >= 11 is 0. The molecular weight excluding hydrogens is 128 g/mol. The van der Waals surface area contributed by atoms with E-state index in [0.717, 1.165) is 6.04 Å². The molecule has 1 N–H and O–H groups in total. The zero-order valence-electron chi connectivity index (χ0n) is 7.15. The van der Waals surface area contributed by atoms with Gasteiger partial charge in [0, 0.05) is 0 Å². The van der Waals surface area contributed by atoms with Crippen LogP contribution >= 0.6 is 0 Å². The lowest BCUT2D eigenvalue weighted by Gasteiger charge is -2.33.